The summed E-state index contributed by atoms with van der Waals surface area (Å²) in [6.45, 7) is 1.67. The van der Waals surface area contributed by atoms with E-state index in [-0.39, 0.29) is 16.4 Å². The van der Waals surface area contributed by atoms with Crippen LogP contribution in [0.4, 0.5) is 17.6 Å². The van der Waals surface area contributed by atoms with E-state index in [4.69, 9.17) is 4.74 Å². The number of hydrogen-bond acceptors (Lipinski definition) is 4. The van der Waals surface area contributed by atoms with Crippen LogP contribution in [0.15, 0.2) is 39.8 Å². The van der Waals surface area contributed by atoms with E-state index in [1.54, 1.807) is 6.92 Å². The Morgan fingerprint density at radius 3 is 2.30 bits per heavy atom. The van der Waals surface area contributed by atoms with Gasteiger partial charge in [-0.15, -0.1) is 0 Å². The van der Waals surface area contributed by atoms with Gasteiger partial charge in [0, 0.05) is 5.69 Å². The second kappa shape index (κ2) is 6.08. The third-order valence-electron chi connectivity index (χ3n) is 2.67. The van der Waals surface area contributed by atoms with Crippen LogP contribution in [0.3, 0.4) is 0 Å². The van der Waals surface area contributed by atoms with Crippen molar-refractivity contribution in [3.63, 3.8) is 0 Å². The van der Waals surface area contributed by atoms with Crippen molar-refractivity contribution < 1.29 is 30.7 Å². The highest BCUT2D eigenvalue weighted by Crippen LogP contribution is 2.38. The number of sulfone groups is 1. The molecule has 1 aromatic heterocycles. The van der Waals surface area contributed by atoms with Gasteiger partial charge in [0.2, 0.25) is 0 Å². The number of nitrogens with zero attached hydrogens (tertiary/aromatic N) is 1. The van der Waals surface area contributed by atoms with Crippen LogP contribution in [-0.2, 0) is 9.84 Å². The van der Waals surface area contributed by atoms with Crippen LogP contribution >= 0.6 is 15.9 Å². The highest BCUT2D eigenvalue weighted by Gasteiger charge is 2.48. The molecule has 0 aliphatic rings. The molecule has 0 N–H and O–H groups in total. The average Bonchev–Trinajstić information content (AvgIpc) is 2.42. The third kappa shape index (κ3) is 3.63. The number of hydrogen-bond donors (Lipinski definition) is 0. The van der Waals surface area contributed by atoms with Crippen molar-refractivity contribution in [3.8, 4) is 11.5 Å². The SMILES string of the molecule is Cc1ccc(Oc2ccc(F)cc2S(=O)(=O)C(F)(F)F)c(Br)n1. The molecule has 1 heterocycles. The van der Waals surface area contributed by atoms with E-state index in [0.29, 0.717) is 5.69 Å². The number of rotatable bonds is 3. The summed E-state index contributed by atoms with van der Waals surface area (Å²) in [5.41, 5.74) is -4.98. The molecule has 2 aromatic rings. The molecule has 0 spiro atoms. The van der Waals surface area contributed by atoms with Crippen LogP contribution in [0.25, 0.3) is 0 Å². The first-order chi connectivity index (χ1) is 10.5. The van der Waals surface area contributed by atoms with Crippen molar-refractivity contribution >= 4 is 25.8 Å². The topological polar surface area (TPSA) is 56.3 Å². The average molecular weight is 414 g/mol. The first-order valence-electron chi connectivity index (χ1n) is 5.94. The van der Waals surface area contributed by atoms with Gasteiger partial charge in [-0.1, -0.05) is 0 Å². The summed E-state index contributed by atoms with van der Waals surface area (Å²) in [6.07, 6.45) is 0. The lowest BCUT2D eigenvalue weighted by Gasteiger charge is -2.14. The Hall–Kier alpha value is -1.68. The first kappa shape index (κ1) is 17.7. The Balaban J connectivity index is 2.56. The Bertz CT molecular complexity index is 853. The first-order valence-corrected chi connectivity index (χ1v) is 8.22. The number of aryl methyl sites for hydroxylation is 1. The molecule has 0 aliphatic heterocycles. The molecule has 0 amide bonds. The van der Waals surface area contributed by atoms with E-state index in [1.807, 2.05) is 0 Å². The number of pyridine rings is 1. The summed E-state index contributed by atoms with van der Waals surface area (Å²) in [5, 5.41) is 0. The zero-order chi connectivity index (χ0) is 17.4. The summed E-state index contributed by atoms with van der Waals surface area (Å²) in [5.74, 6) is -1.81. The highest BCUT2D eigenvalue weighted by atomic mass is 79.9. The van der Waals surface area contributed by atoms with Gasteiger partial charge in [-0.05, 0) is 53.2 Å². The molecule has 4 nitrogen and oxygen atoms in total. The molecular formula is C13H8BrF4NO3S. The van der Waals surface area contributed by atoms with E-state index >= 15 is 0 Å². The van der Waals surface area contributed by atoms with Gasteiger partial charge in [-0.3, -0.25) is 0 Å². The minimum absolute atomic E-state index is 0.0131. The van der Waals surface area contributed by atoms with Gasteiger partial charge >= 0.3 is 5.51 Å². The Kier molecular flexibility index (Phi) is 4.67. The van der Waals surface area contributed by atoms with Crippen LogP contribution in [0.2, 0.25) is 0 Å². The summed E-state index contributed by atoms with van der Waals surface area (Å²) >= 11 is 3.05. The summed E-state index contributed by atoms with van der Waals surface area (Å²) in [7, 11) is -5.77. The highest BCUT2D eigenvalue weighted by molar-refractivity contribution is 9.10. The van der Waals surface area contributed by atoms with Gasteiger partial charge in [0.25, 0.3) is 9.84 Å². The molecule has 23 heavy (non-hydrogen) atoms. The molecule has 0 unspecified atom stereocenters. The third-order valence-corrected chi connectivity index (χ3v) is 4.75. The van der Waals surface area contributed by atoms with E-state index in [1.165, 1.54) is 12.1 Å². The van der Waals surface area contributed by atoms with Crippen molar-refractivity contribution in [2.75, 3.05) is 0 Å². The summed E-state index contributed by atoms with van der Waals surface area (Å²) < 4.78 is 79.8. The maximum atomic E-state index is 13.2. The largest absolute Gasteiger partial charge is 0.502 e. The molecule has 124 valence electrons. The standard InChI is InChI=1S/C13H8BrF4NO3S/c1-7-2-4-10(12(14)19-7)22-9-5-3-8(15)6-11(9)23(20,21)13(16,17)18/h2-6H,1H3. The van der Waals surface area contributed by atoms with Crippen molar-refractivity contribution in [2.45, 2.75) is 17.3 Å². The Morgan fingerprint density at radius 1 is 1.13 bits per heavy atom. The fourth-order valence-corrected chi connectivity index (χ4v) is 2.99. The lowest BCUT2D eigenvalue weighted by molar-refractivity contribution is -0.0437. The van der Waals surface area contributed by atoms with Crippen LogP contribution in [-0.4, -0.2) is 18.9 Å². The lowest BCUT2D eigenvalue weighted by atomic mass is 10.3. The van der Waals surface area contributed by atoms with Crippen molar-refractivity contribution in [1.82, 2.24) is 4.98 Å². The quantitative estimate of drug-likeness (QED) is 0.553. The predicted octanol–water partition coefficient (Wildman–Crippen LogP) is 4.38. The number of ether oxygens (including phenoxy) is 1. The molecular weight excluding hydrogens is 406 g/mol. The van der Waals surface area contributed by atoms with E-state index < -0.39 is 31.8 Å². The van der Waals surface area contributed by atoms with Crippen LogP contribution in [0, 0.1) is 12.7 Å². The smallest absolute Gasteiger partial charge is 0.453 e. The van der Waals surface area contributed by atoms with Crippen molar-refractivity contribution in [2.24, 2.45) is 0 Å². The van der Waals surface area contributed by atoms with E-state index in [0.717, 1.165) is 12.1 Å². The molecule has 0 saturated heterocycles. The lowest BCUT2D eigenvalue weighted by Crippen LogP contribution is -2.23. The minimum atomic E-state index is -5.77. The van der Waals surface area contributed by atoms with Gasteiger partial charge < -0.3 is 4.74 Å². The zero-order valence-corrected chi connectivity index (χ0v) is 13.8. The van der Waals surface area contributed by atoms with Gasteiger partial charge in [0.05, 0.1) is 0 Å². The van der Waals surface area contributed by atoms with E-state index in [9.17, 15) is 26.0 Å². The Morgan fingerprint density at radius 2 is 1.74 bits per heavy atom. The number of aromatic nitrogens is 1. The summed E-state index contributed by atoms with van der Waals surface area (Å²) in [4.78, 5) is 2.67. The fourth-order valence-electron chi connectivity index (χ4n) is 1.61. The molecule has 2 rings (SSSR count). The number of halogens is 5. The maximum absolute atomic E-state index is 13.2. The molecule has 1 aromatic carbocycles. The van der Waals surface area contributed by atoms with Gasteiger partial charge in [0.1, 0.15) is 21.1 Å². The van der Waals surface area contributed by atoms with Crippen molar-refractivity contribution in [3.05, 3.63) is 46.4 Å². The second-order valence-electron chi connectivity index (χ2n) is 4.38. The van der Waals surface area contributed by atoms with Crippen molar-refractivity contribution in [1.29, 1.82) is 0 Å². The van der Waals surface area contributed by atoms with Gasteiger partial charge in [-0.2, -0.15) is 13.2 Å². The molecule has 0 saturated carbocycles. The van der Waals surface area contributed by atoms with Crippen LogP contribution in [0.1, 0.15) is 5.69 Å². The van der Waals surface area contributed by atoms with Gasteiger partial charge in [0.15, 0.2) is 5.75 Å². The van der Waals surface area contributed by atoms with Crippen LogP contribution in [0.5, 0.6) is 11.5 Å². The normalized spacial score (nSPS) is 12.3. The fraction of sp³-hybridized carbons (Fsp3) is 0.154. The second-order valence-corrected chi connectivity index (χ2v) is 7.04. The zero-order valence-electron chi connectivity index (χ0n) is 11.4. The molecule has 0 atom stereocenters. The predicted molar refractivity (Wildman–Crippen MR) is 76.4 cm³/mol. The molecule has 0 radical (unpaired) electrons. The summed E-state index contributed by atoms with van der Waals surface area (Å²) in [6, 6.07) is 4.76. The Labute approximate surface area is 137 Å². The van der Waals surface area contributed by atoms with Gasteiger partial charge in [-0.25, -0.2) is 17.8 Å². The molecule has 0 bridgehead atoms. The van der Waals surface area contributed by atoms with E-state index in [2.05, 4.69) is 20.9 Å². The molecule has 0 aliphatic carbocycles. The number of benzene rings is 1. The monoisotopic (exact) mass is 413 g/mol. The van der Waals surface area contributed by atoms with Crippen LogP contribution < -0.4 is 4.74 Å². The number of alkyl halides is 3. The molecule has 10 heteroatoms. The molecule has 0 fully saturated rings. The maximum Gasteiger partial charge on any atom is 0.502 e. The minimum Gasteiger partial charge on any atom is -0.453 e.